The van der Waals surface area contributed by atoms with Crippen molar-refractivity contribution in [1.29, 1.82) is 0 Å². The van der Waals surface area contributed by atoms with Gasteiger partial charge in [-0.2, -0.15) is 0 Å². The molecular formula is C18H18ClN3OS. The van der Waals surface area contributed by atoms with E-state index < -0.39 is 0 Å². The van der Waals surface area contributed by atoms with E-state index in [0.717, 1.165) is 27.4 Å². The van der Waals surface area contributed by atoms with Crippen LogP contribution in [0.15, 0.2) is 47.6 Å². The second kappa shape index (κ2) is 7.28. The highest BCUT2D eigenvalue weighted by Crippen LogP contribution is 2.24. The van der Waals surface area contributed by atoms with Gasteiger partial charge in [0.15, 0.2) is 5.16 Å². The van der Waals surface area contributed by atoms with E-state index in [1.165, 1.54) is 11.8 Å². The lowest BCUT2D eigenvalue weighted by molar-refractivity contribution is -0.116. The molecule has 0 fully saturated rings. The highest BCUT2D eigenvalue weighted by atomic mass is 35.5. The zero-order valence-corrected chi connectivity index (χ0v) is 15.1. The molecular weight excluding hydrogens is 342 g/mol. The molecule has 0 atom stereocenters. The Balaban J connectivity index is 1.72. The van der Waals surface area contributed by atoms with Gasteiger partial charge in [-0.05, 0) is 43.7 Å². The smallest absolute Gasteiger partial charge is 0.237 e. The Bertz CT molecular complexity index is 878. The molecule has 6 heteroatoms. The van der Waals surface area contributed by atoms with Crippen molar-refractivity contribution in [3.8, 4) is 0 Å². The number of aromatic amines is 1. The molecule has 2 aromatic carbocycles. The Hall–Kier alpha value is -1.98. The van der Waals surface area contributed by atoms with Crippen LogP contribution in [-0.4, -0.2) is 28.2 Å². The first-order valence-electron chi connectivity index (χ1n) is 7.72. The quantitative estimate of drug-likeness (QED) is 0.673. The minimum Gasteiger partial charge on any atom is -0.333 e. The van der Waals surface area contributed by atoms with Crippen LogP contribution in [0, 0.1) is 6.92 Å². The highest BCUT2D eigenvalue weighted by Gasteiger charge is 2.16. The summed E-state index contributed by atoms with van der Waals surface area (Å²) in [6.45, 7) is 4.64. The van der Waals surface area contributed by atoms with Gasteiger partial charge in [-0.25, -0.2) is 4.98 Å². The number of amides is 1. The van der Waals surface area contributed by atoms with Crippen LogP contribution in [0.4, 0.5) is 5.69 Å². The van der Waals surface area contributed by atoms with Crippen LogP contribution >= 0.6 is 23.4 Å². The summed E-state index contributed by atoms with van der Waals surface area (Å²) in [4.78, 5) is 22.1. The molecule has 124 valence electrons. The summed E-state index contributed by atoms with van der Waals surface area (Å²) in [5.74, 6) is 0.394. The maximum atomic E-state index is 12.6. The fourth-order valence-corrected chi connectivity index (χ4v) is 3.52. The summed E-state index contributed by atoms with van der Waals surface area (Å²) in [6.07, 6.45) is 0. The van der Waals surface area contributed by atoms with Crippen molar-refractivity contribution >= 4 is 46.0 Å². The van der Waals surface area contributed by atoms with Crippen LogP contribution in [-0.2, 0) is 4.79 Å². The molecule has 0 saturated carbocycles. The van der Waals surface area contributed by atoms with Crippen LogP contribution in [0.3, 0.4) is 0 Å². The number of hydrogen-bond donors (Lipinski definition) is 1. The Kier molecular flexibility index (Phi) is 5.11. The summed E-state index contributed by atoms with van der Waals surface area (Å²) >= 11 is 7.39. The molecule has 1 amide bonds. The van der Waals surface area contributed by atoms with Gasteiger partial charge in [0.25, 0.3) is 0 Å². The first-order valence-corrected chi connectivity index (χ1v) is 9.09. The largest absolute Gasteiger partial charge is 0.333 e. The number of carbonyl (C=O) groups is 1. The number of halogens is 1. The number of carbonyl (C=O) groups excluding carboxylic acids is 1. The second-order valence-corrected chi connectivity index (χ2v) is 6.82. The molecule has 1 N–H and O–H groups in total. The van der Waals surface area contributed by atoms with Crippen molar-refractivity contribution in [2.24, 2.45) is 0 Å². The molecule has 3 aromatic rings. The summed E-state index contributed by atoms with van der Waals surface area (Å²) in [5.41, 5.74) is 3.78. The zero-order valence-electron chi connectivity index (χ0n) is 13.5. The van der Waals surface area contributed by atoms with Crippen molar-refractivity contribution in [2.45, 2.75) is 19.0 Å². The van der Waals surface area contributed by atoms with Gasteiger partial charge < -0.3 is 9.88 Å². The Labute approximate surface area is 150 Å². The third-order valence-electron chi connectivity index (χ3n) is 3.78. The maximum Gasteiger partial charge on any atom is 0.237 e. The first-order chi connectivity index (χ1) is 11.6. The van der Waals surface area contributed by atoms with Gasteiger partial charge in [-0.15, -0.1) is 0 Å². The fourth-order valence-electron chi connectivity index (χ4n) is 2.58. The van der Waals surface area contributed by atoms with Crippen molar-refractivity contribution in [3.05, 3.63) is 53.1 Å². The lowest BCUT2D eigenvalue weighted by atomic mass is 10.2. The number of imidazole rings is 1. The number of nitrogens with zero attached hydrogens (tertiary/aromatic N) is 2. The van der Waals surface area contributed by atoms with E-state index >= 15 is 0 Å². The molecule has 24 heavy (non-hydrogen) atoms. The van der Waals surface area contributed by atoms with E-state index in [1.54, 1.807) is 6.07 Å². The Morgan fingerprint density at radius 3 is 2.83 bits per heavy atom. The van der Waals surface area contributed by atoms with Gasteiger partial charge in [0.2, 0.25) is 5.91 Å². The molecule has 0 aliphatic heterocycles. The minimum absolute atomic E-state index is 0.0651. The fraction of sp³-hybridized carbons (Fsp3) is 0.222. The summed E-state index contributed by atoms with van der Waals surface area (Å²) in [6, 6.07) is 13.4. The van der Waals surface area contributed by atoms with E-state index in [1.807, 2.05) is 55.1 Å². The van der Waals surface area contributed by atoms with E-state index in [4.69, 9.17) is 11.6 Å². The standard InChI is InChI=1S/C18H18ClN3OS/c1-3-22(16-7-5-4-6-12(16)2)17(23)11-24-18-20-14-9-8-13(19)10-15(14)21-18/h4-10H,3,11H2,1-2H3,(H,20,21). The van der Waals surface area contributed by atoms with Crippen LogP contribution in [0.2, 0.25) is 5.02 Å². The normalized spacial score (nSPS) is 11.0. The van der Waals surface area contributed by atoms with E-state index in [-0.39, 0.29) is 5.91 Å². The van der Waals surface area contributed by atoms with Crippen LogP contribution < -0.4 is 4.90 Å². The lowest BCUT2D eigenvalue weighted by Gasteiger charge is -2.22. The number of fused-ring (bicyclic) bond motifs is 1. The molecule has 0 saturated heterocycles. The molecule has 1 heterocycles. The predicted molar refractivity (Wildman–Crippen MR) is 101 cm³/mol. The third-order valence-corrected chi connectivity index (χ3v) is 4.87. The van der Waals surface area contributed by atoms with E-state index in [0.29, 0.717) is 17.3 Å². The van der Waals surface area contributed by atoms with Crippen molar-refractivity contribution in [2.75, 3.05) is 17.2 Å². The molecule has 0 radical (unpaired) electrons. The number of para-hydroxylation sites is 1. The molecule has 0 spiro atoms. The molecule has 0 aliphatic rings. The van der Waals surface area contributed by atoms with Gasteiger partial charge in [0, 0.05) is 17.3 Å². The monoisotopic (exact) mass is 359 g/mol. The Morgan fingerprint density at radius 1 is 1.29 bits per heavy atom. The predicted octanol–water partition coefficient (Wildman–Crippen LogP) is 4.67. The first kappa shape index (κ1) is 16.9. The number of aromatic nitrogens is 2. The van der Waals surface area contributed by atoms with Gasteiger partial charge in [0.05, 0.1) is 16.8 Å². The minimum atomic E-state index is 0.0651. The zero-order chi connectivity index (χ0) is 17.1. The molecule has 4 nitrogen and oxygen atoms in total. The van der Waals surface area contributed by atoms with Crippen LogP contribution in [0.25, 0.3) is 11.0 Å². The van der Waals surface area contributed by atoms with Crippen LogP contribution in [0.5, 0.6) is 0 Å². The maximum absolute atomic E-state index is 12.6. The average molecular weight is 360 g/mol. The van der Waals surface area contributed by atoms with Gasteiger partial charge in [-0.1, -0.05) is 41.6 Å². The van der Waals surface area contributed by atoms with Crippen molar-refractivity contribution < 1.29 is 4.79 Å². The number of benzene rings is 2. The van der Waals surface area contributed by atoms with Crippen molar-refractivity contribution in [3.63, 3.8) is 0 Å². The number of thioether (sulfide) groups is 1. The number of aryl methyl sites for hydroxylation is 1. The number of hydrogen-bond acceptors (Lipinski definition) is 3. The number of H-pyrrole nitrogens is 1. The van der Waals surface area contributed by atoms with Gasteiger partial charge in [0.1, 0.15) is 0 Å². The topological polar surface area (TPSA) is 49.0 Å². The van der Waals surface area contributed by atoms with E-state index in [2.05, 4.69) is 9.97 Å². The summed E-state index contributed by atoms with van der Waals surface area (Å²) < 4.78 is 0. The van der Waals surface area contributed by atoms with E-state index in [9.17, 15) is 4.79 Å². The number of rotatable bonds is 5. The SMILES string of the molecule is CCN(C(=O)CSc1nc2ccc(Cl)cc2[nH]1)c1ccccc1C. The Morgan fingerprint density at radius 2 is 2.08 bits per heavy atom. The molecule has 0 bridgehead atoms. The highest BCUT2D eigenvalue weighted by molar-refractivity contribution is 7.99. The molecule has 1 aromatic heterocycles. The van der Waals surface area contributed by atoms with Crippen LogP contribution in [0.1, 0.15) is 12.5 Å². The summed E-state index contributed by atoms with van der Waals surface area (Å²) in [5, 5.41) is 1.39. The average Bonchev–Trinajstić information content (AvgIpc) is 2.97. The van der Waals surface area contributed by atoms with Gasteiger partial charge >= 0.3 is 0 Å². The lowest BCUT2D eigenvalue weighted by Crippen LogP contribution is -2.32. The third kappa shape index (κ3) is 3.57. The molecule has 0 unspecified atom stereocenters. The number of nitrogens with one attached hydrogen (secondary N) is 1. The number of anilines is 1. The molecule has 0 aliphatic carbocycles. The van der Waals surface area contributed by atoms with Crippen molar-refractivity contribution in [1.82, 2.24) is 9.97 Å². The second-order valence-electron chi connectivity index (χ2n) is 5.42. The molecule has 3 rings (SSSR count). The summed E-state index contributed by atoms with van der Waals surface area (Å²) in [7, 11) is 0. The van der Waals surface area contributed by atoms with Gasteiger partial charge in [-0.3, -0.25) is 4.79 Å².